The number of fused-ring (bicyclic) bond motifs is 1. The molecule has 2 rings (SSSR count). The van der Waals surface area contributed by atoms with Crippen LogP contribution in [0.4, 0.5) is 0 Å². The number of aliphatic hydroxyl groups is 1. The lowest BCUT2D eigenvalue weighted by Crippen LogP contribution is -2.24. The molecular weight excluding hydrogens is 198 g/mol. The Morgan fingerprint density at radius 3 is 2.75 bits per heavy atom. The summed E-state index contributed by atoms with van der Waals surface area (Å²) < 4.78 is 0. The van der Waals surface area contributed by atoms with Crippen LogP contribution in [0.2, 0.25) is 0 Å². The minimum atomic E-state index is -0.266. The van der Waals surface area contributed by atoms with Crippen molar-refractivity contribution in [1.82, 2.24) is 5.32 Å². The fourth-order valence-electron chi connectivity index (χ4n) is 2.32. The molecule has 1 atom stereocenters. The summed E-state index contributed by atoms with van der Waals surface area (Å²) >= 11 is 0. The summed E-state index contributed by atoms with van der Waals surface area (Å²) in [4.78, 5) is 0. The van der Waals surface area contributed by atoms with E-state index in [2.05, 4.69) is 23.5 Å². The van der Waals surface area contributed by atoms with Crippen LogP contribution in [0.5, 0.6) is 0 Å². The predicted molar refractivity (Wildman–Crippen MR) is 66.5 cm³/mol. The van der Waals surface area contributed by atoms with E-state index in [0.717, 1.165) is 6.54 Å². The largest absolute Gasteiger partial charge is 0.392 e. The van der Waals surface area contributed by atoms with Crippen LogP contribution in [0.25, 0.3) is 0 Å². The number of rotatable bonds is 4. The molecule has 1 unspecified atom stereocenters. The molecule has 0 fully saturated rings. The van der Waals surface area contributed by atoms with Gasteiger partial charge in [-0.2, -0.15) is 0 Å². The van der Waals surface area contributed by atoms with Gasteiger partial charge in [-0.3, -0.25) is 0 Å². The van der Waals surface area contributed by atoms with Crippen LogP contribution in [0.3, 0.4) is 0 Å². The second kappa shape index (κ2) is 5.46. The van der Waals surface area contributed by atoms with Gasteiger partial charge in [-0.15, -0.1) is 0 Å². The molecular formula is C14H21NO. The number of aryl methyl sites for hydroxylation is 2. The van der Waals surface area contributed by atoms with Crippen molar-refractivity contribution in [3.05, 3.63) is 34.9 Å². The molecule has 0 radical (unpaired) electrons. The fourth-order valence-corrected chi connectivity index (χ4v) is 2.32. The third-order valence-electron chi connectivity index (χ3n) is 3.18. The topological polar surface area (TPSA) is 32.3 Å². The Bertz CT molecular complexity index is 347. The molecule has 0 amide bonds. The lowest BCUT2D eigenvalue weighted by Gasteiger charge is -2.17. The van der Waals surface area contributed by atoms with E-state index < -0.39 is 0 Å². The van der Waals surface area contributed by atoms with E-state index in [1.54, 1.807) is 6.92 Å². The summed E-state index contributed by atoms with van der Waals surface area (Å²) in [6, 6.07) is 6.80. The van der Waals surface area contributed by atoms with E-state index in [1.165, 1.54) is 42.4 Å². The number of aliphatic hydroxyl groups excluding tert-OH is 1. The maximum Gasteiger partial charge on any atom is 0.0636 e. The summed E-state index contributed by atoms with van der Waals surface area (Å²) in [7, 11) is 0. The standard InChI is InChI=1S/C14H21NO/c1-11(16)9-15-10-12-6-7-13-4-2-3-5-14(13)8-12/h6-8,11,15-16H,2-5,9-10H2,1H3. The number of hydrogen-bond donors (Lipinski definition) is 2. The van der Waals surface area contributed by atoms with Crippen LogP contribution in [0.1, 0.15) is 36.5 Å². The number of benzene rings is 1. The lowest BCUT2D eigenvalue weighted by atomic mass is 9.90. The Kier molecular flexibility index (Phi) is 3.97. The second-order valence-electron chi connectivity index (χ2n) is 4.79. The first kappa shape index (κ1) is 11.6. The Hall–Kier alpha value is -0.860. The predicted octanol–water partition coefficient (Wildman–Crippen LogP) is 2.04. The van der Waals surface area contributed by atoms with Crippen molar-refractivity contribution >= 4 is 0 Å². The SMILES string of the molecule is CC(O)CNCc1ccc2c(c1)CCCC2. The van der Waals surface area contributed by atoms with Crippen molar-refractivity contribution in [3.8, 4) is 0 Å². The highest BCUT2D eigenvalue weighted by Gasteiger charge is 2.09. The average Bonchev–Trinajstić information content (AvgIpc) is 2.28. The molecule has 1 aromatic rings. The quantitative estimate of drug-likeness (QED) is 0.812. The highest BCUT2D eigenvalue weighted by Crippen LogP contribution is 2.22. The van der Waals surface area contributed by atoms with Crippen LogP contribution < -0.4 is 5.32 Å². The Morgan fingerprint density at radius 2 is 2.00 bits per heavy atom. The highest BCUT2D eigenvalue weighted by molar-refractivity contribution is 5.33. The molecule has 0 heterocycles. The van der Waals surface area contributed by atoms with Crippen LogP contribution in [0, 0.1) is 0 Å². The maximum absolute atomic E-state index is 9.16. The summed E-state index contributed by atoms with van der Waals surface area (Å²) in [6.07, 6.45) is 4.89. The van der Waals surface area contributed by atoms with Crippen LogP contribution in [-0.4, -0.2) is 17.8 Å². The van der Waals surface area contributed by atoms with Crippen molar-refractivity contribution in [2.45, 2.75) is 45.3 Å². The van der Waals surface area contributed by atoms with Crippen molar-refractivity contribution in [3.63, 3.8) is 0 Å². The summed E-state index contributed by atoms with van der Waals surface area (Å²) in [5, 5.41) is 12.4. The van der Waals surface area contributed by atoms with Gasteiger partial charge in [0.1, 0.15) is 0 Å². The van der Waals surface area contributed by atoms with Gasteiger partial charge in [0.25, 0.3) is 0 Å². The fraction of sp³-hybridized carbons (Fsp3) is 0.571. The first-order valence-electron chi connectivity index (χ1n) is 6.25. The zero-order valence-electron chi connectivity index (χ0n) is 10.00. The van der Waals surface area contributed by atoms with E-state index >= 15 is 0 Å². The maximum atomic E-state index is 9.16. The van der Waals surface area contributed by atoms with E-state index in [4.69, 9.17) is 5.11 Å². The molecule has 2 N–H and O–H groups in total. The monoisotopic (exact) mass is 219 g/mol. The zero-order chi connectivity index (χ0) is 11.4. The van der Waals surface area contributed by atoms with Crippen molar-refractivity contribution < 1.29 is 5.11 Å². The second-order valence-corrected chi connectivity index (χ2v) is 4.79. The molecule has 2 heteroatoms. The number of hydrogen-bond acceptors (Lipinski definition) is 2. The smallest absolute Gasteiger partial charge is 0.0636 e. The van der Waals surface area contributed by atoms with Gasteiger partial charge in [0.05, 0.1) is 6.10 Å². The van der Waals surface area contributed by atoms with Crippen molar-refractivity contribution in [2.24, 2.45) is 0 Å². The molecule has 0 bridgehead atoms. The third kappa shape index (κ3) is 3.06. The van der Waals surface area contributed by atoms with Gasteiger partial charge in [-0.05, 0) is 49.3 Å². The molecule has 0 aliphatic heterocycles. The Balaban J connectivity index is 1.95. The molecule has 1 aliphatic carbocycles. The molecule has 2 nitrogen and oxygen atoms in total. The van der Waals surface area contributed by atoms with Crippen LogP contribution >= 0.6 is 0 Å². The molecule has 0 spiro atoms. The van der Waals surface area contributed by atoms with Gasteiger partial charge in [0.2, 0.25) is 0 Å². The van der Waals surface area contributed by atoms with E-state index in [9.17, 15) is 0 Å². The molecule has 0 aromatic heterocycles. The van der Waals surface area contributed by atoms with Gasteiger partial charge >= 0.3 is 0 Å². The van der Waals surface area contributed by atoms with Gasteiger partial charge in [0, 0.05) is 13.1 Å². The highest BCUT2D eigenvalue weighted by atomic mass is 16.3. The zero-order valence-corrected chi connectivity index (χ0v) is 10.00. The van der Waals surface area contributed by atoms with Crippen molar-refractivity contribution in [1.29, 1.82) is 0 Å². The molecule has 1 aliphatic rings. The molecule has 16 heavy (non-hydrogen) atoms. The summed E-state index contributed by atoms with van der Waals surface area (Å²) in [5.74, 6) is 0. The minimum Gasteiger partial charge on any atom is -0.392 e. The first-order chi connectivity index (χ1) is 7.75. The van der Waals surface area contributed by atoms with Gasteiger partial charge in [-0.1, -0.05) is 18.2 Å². The van der Waals surface area contributed by atoms with Gasteiger partial charge in [0.15, 0.2) is 0 Å². The molecule has 0 saturated carbocycles. The molecule has 0 saturated heterocycles. The van der Waals surface area contributed by atoms with E-state index in [-0.39, 0.29) is 6.10 Å². The normalized spacial score (nSPS) is 16.9. The molecule has 88 valence electrons. The third-order valence-corrected chi connectivity index (χ3v) is 3.18. The van der Waals surface area contributed by atoms with Crippen molar-refractivity contribution in [2.75, 3.05) is 6.54 Å². The number of nitrogens with one attached hydrogen (secondary N) is 1. The lowest BCUT2D eigenvalue weighted by molar-refractivity contribution is 0.191. The van der Waals surface area contributed by atoms with Crippen LogP contribution in [-0.2, 0) is 19.4 Å². The van der Waals surface area contributed by atoms with Gasteiger partial charge in [-0.25, -0.2) is 0 Å². The van der Waals surface area contributed by atoms with E-state index in [0.29, 0.717) is 6.54 Å². The first-order valence-corrected chi connectivity index (χ1v) is 6.25. The summed E-state index contributed by atoms with van der Waals surface area (Å²) in [6.45, 7) is 3.33. The average molecular weight is 219 g/mol. The van der Waals surface area contributed by atoms with E-state index in [1.807, 2.05) is 0 Å². The Morgan fingerprint density at radius 1 is 1.25 bits per heavy atom. The summed E-state index contributed by atoms with van der Waals surface area (Å²) in [5.41, 5.74) is 4.40. The van der Waals surface area contributed by atoms with Crippen LogP contribution in [0.15, 0.2) is 18.2 Å². The minimum absolute atomic E-state index is 0.266. The molecule has 1 aromatic carbocycles. The van der Waals surface area contributed by atoms with Gasteiger partial charge < -0.3 is 10.4 Å². The Labute approximate surface area is 97.7 Å².